The van der Waals surface area contributed by atoms with Crippen molar-refractivity contribution in [1.82, 2.24) is 4.98 Å². The van der Waals surface area contributed by atoms with Crippen LogP contribution in [0.2, 0.25) is 0 Å². The Bertz CT molecular complexity index is 1590. The Morgan fingerprint density at radius 3 is 2.00 bits per heavy atom. The fourth-order valence-corrected chi connectivity index (χ4v) is 5.36. The summed E-state index contributed by atoms with van der Waals surface area (Å²) in [4.78, 5) is 6.62. The monoisotopic (exact) mass is 463 g/mol. The number of rotatable bonds is 3. The zero-order valence-electron chi connectivity index (χ0n) is 20.3. The second kappa shape index (κ2) is 8.52. The Hall–Kier alpha value is -4.68. The van der Waals surface area contributed by atoms with Crippen LogP contribution < -0.4 is 4.90 Å². The zero-order chi connectivity index (χ0) is 24.7. The molecule has 0 unspecified atom stereocenters. The van der Waals surface area contributed by atoms with Crippen molar-refractivity contribution in [2.75, 3.05) is 4.90 Å². The Morgan fingerprint density at radius 1 is 0.694 bits per heavy atom. The van der Waals surface area contributed by atoms with Gasteiger partial charge in [0.25, 0.3) is 0 Å². The molecule has 1 aromatic heterocycles. The molecule has 0 radical (unpaired) electrons. The van der Waals surface area contributed by atoms with Gasteiger partial charge in [-0.1, -0.05) is 80.6 Å². The molecular weight excluding hydrogens is 438 g/mol. The van der Waals surface area contributed by atoms with Crippen molar-refractivity contribution in [3.63, 3.8) is 0 Å². The molecule has 4 aromatic carbocycles. The lowest BCUT2D eigenvalue weighted by atomic mass is 9.73. The average molecular weight is 464 g/mol. The molecule has 1 aliphatic rings. The van der Waals surface area contributed by atoms with Gasteiger partial charge >= 0.3 is 0 Å². The van der Waals surface area contributed by atoms with Crippen LogP contribution in [-0.2, 0) is 5.41 Å². The minimum Gasteiger partial charge on any atom is -0.310 e. The van der Waals surface area contributed by atoms with E-state index < -0.39 is 0 Å². The predicted octanol–water partition coefficient (Wildman–Crippen LogP) is 8.40. The van der Waals surface area contributed by atoms with Gasteiger partial charge in [0.15, 0.2) is 0 Å². The standard InChI is InChI=1S/C33H25N3/c1-33(2)29-13-3-5-15-31(29)36(32-16-6-4-14-30(32)33)27-12-8-10-24(20-27)23-9-7-11-25(19-23)28-22-35-18-17-26(28)21-34/h3-20,22H,1-2H3. The number of fused-ring (bicyclic) bond motifs is 2. The number of anilines is 3. The molecule has 1 aliphatic heterocycles. The number of aromatic nitrogens is 1. The first-order valence-electron chi connectivity index (χ1n) is 12.1. The van der Waals surface area contributed by atoms with Crippen LogP contribution in [0.1, 0.15) is 30.5 Å². The highest BCUT2D eigenvalue weighted by atomic mass is 15.2. The molecule has 0 N–H and O–H groups in total. The van der Waals surface area contributed by atoms with Crippen molar-refractivity contribution in [3.05, 3.63) is 132 Å². The zero-order valence-corrected chi connectivity index (χ0v) is 20.3. The second-order valence-corrected chi connectivity index (χ2v) is 9.66. The number of nitrogens with zero attached hydrogens (tertiary/aromatic N) is 3. The third kappa shape index (κ3) is 3.47. The van der Waals surface area contributed by atoms with Crippen LogP contribution in [-0.4, -0.2) is 4.98 Å². The smallest absolute Gasteiger partial charge is 0.0999 e. The van der Waals surface area contributed by atoms with Crippen molar-refractivity contribution in [1.29, 1.82) is 5.26 Å². The van der Waals surface area contributed by atoms with E-state index in [0.717, 1.165) is 27.9 Å². The summed E-state index contributed by atoms with van der Waals surface area (Å²) in [5, 5.41) is 9.56. The molecule has 36 heavy (non-hydrogen) atoms. The molecule has 0 bridgehead atoms. The Balaban J connectivity index is 1.49. The third-order valence-corrected chi connectivity index (χ3v) is 7.19. The van der Waals surface area contributed by atoms with Crippen LogP contribution in [0.3, 0.4) is 0 Å². The van der Waals surface area contributed by atoms with E-state index in [1.807, 2.05) is 12.1 Å². The van der Waals surface area contributed by atoms with E-state index in [0.29, 0.717) is 5.56 Å². The lowest BCUT2D eigenvalue weighted by Crippen LogP contribution is -2.30. The first-order valence-corrected chi connectivity index (χ1v) is 12.1. The molecule has 0 aliphatic carbocycles. The Kier molecular flexibility index (Phi) is 5.16. The van der Waals surface area contributed by atoms with Gasteiger partial charge < -0.3 is 4.90 Å². The van der Waals surface area contributed by atoms with Gasteiger partial charge in [-0.2, -0.15) is 5.26 Å². The van der Waals surface area contributed by atoms with E-state index >= 15 is 0 Å². The van der Waals surface area contributed by atoms with Crippen LogP contribution >= 0.6 is 0 Å². The summed E-state index contributed by atoms with van der Waals surface area (Å²) >= 11 is 0. The van der Waals surface area contributed by atoms with Crippen LogP contribution in [0.15, 0.2) is 116 Å². The maximum atomic E-state index is 9.56. The fourth-order valence-electron chi connectivity index (χ4n) is 5.36. The number of nitriles is 1. The average Bonchev–Trinajstić information content (AvgIpc) is 2.93. The Labute approximate surface area is 211 Å². The number of hydrogen-bond acceptors (Lipinski definition) is 3. The molecule has 3 heteroatoms. The first-order chi connectivity index (χ1) is 17.6. The number of pyridine rings is 1. The van der Waals surface area contributed by atoms with E-state index in [1.54, 1.807) is 18.5 Å². The summed E-state index contributed by atoms with van der Waals surface area (Å²) in [7, 11) is 0. The van der Waals surface area contributed by atoms with Crippen molar-refractivity contribution in [3.8, 4) is 28.3 Å². The summed E-state index contributed by atoms with van der Waals surface area (Å²) < 4.78 is 0. The summed E-state index contributed by atoms with van der Waals surface area (Å²) in [5.41, 5.74) is 10.8. The molecule has 5 aromatic rings. The lowest BCUT2D eigenvalue weighted by molar-refractivity contribution is 0.632. The molecule has 0 spiro atoms. The van der Waals surface area contributed by atoms with Gasteiger partial charge in [-0.15, -0.1) is 0 Å². The molecular formula is C33H25N3. The fraction of sp³-hybridized carbons (Fsp3) is 0.0909. The van der Waals surface area contributed by atoms with E-state index in [-0.39, 0.29) is 5.41 Å². The number of benzene rings is 4. The summed E-state index contributed by atoms with van der Waals surface area (Å²) in [6.45, 7) is 4.61. The van der Waals surface area contributed by atoms with Crippen LogP contribution in [0.5, 0.6) is 0 Å². The van der Waals surface area contributed by atoms with Crippen LogP contribution in [0.4, 0.5) is 17.1 Å². The first kappa shape index (κ1) is 21.8. The van der Waals surface area contributed by atoms with Gasteiger partial charge in [0, 0.05) is 29.1 Å². The van der Waals surface area contributed by atoms with Gasteiger partial charge in [-0.3, -0.25) is 4.98 Å². The molecule has 0 saturated carbocycles. The number of hydrogen-bond donors (Lipinski definition) is 0. The maximum absolute atomic E-state index is 9.56. The summed E-state index contributed by atoms with van der Waals surface area (Å²) in [6.07, 6.45) is 3.42. The molecule has 172 valence electrons. The van der Waals surface area contributed by atoms with E-state index in [2.05, 4.69) is 115 Å². The maximum Gasteiger partial charge on any atom is 0.0999 e. The minimum absolute atomic E-state index is 0.0855. The highest BCUT2D eigenvalue weighted by molar-refractivity contribution is 5.87. The van der Waals surface area contributed by atoms with Crippen LogP contribution in [0.25, 0.3) is 22.3 Å². The van der Waals surface area contributed by atoms with E-state index in [4.69, 9.17) is 0 Å². The van der Waals surface area contributed by atoms with Crippen molar-refractivity contribution in [2.24, 2.45) is 0 Å². The summed E-state index contributed by atoms with van der Waals surface area (Å²) in [6, 6.07) is 38.5. The second-order valence-electron chi connectivity index (χ2n) is 9.66. The molecule has 6 rings (SSSR count). The molecule has 2 heterocycles. The lowest BCUT2D eigenvalue weighted by Gasteiger charge is -2.42. The Morgan fingerprint density at radius 2 is 1.31 bits per heavy atom. The molecule has 3 nitrogen and oxygen atoms in total. The minimum atomic E-state index is -0.0855. The molecule has 0 fully saturated rings. The topological polar surface area (TPSA) is 39.9 Å². The summed E-state index contributed by atoms with van der Waals surface area (Å²) in [5.74, 6) is 0. The third-order valence-electron chi connectivity index (χ3n) is 7.19. The van der Waals surface area contributed by atoms with Gasteiger partial charge in [0.1, 0.15) is 0 Å². The quantitative estimate of drug-likeness (QED) is 0.270. The SMILES string of the molecule is CC1(C)c2ccccc2N(c2cccc(-c3cccc(-c4cnccc4C#N)c3)c2)c2ccccc21. The van der Waals surface area contributed by atoms with Crippen molar-refractivity contribution >= 4 is 17.1 Å². The van der Waals surface area contributed by atoms with Crippen molar-refractivity contribution < 1.29 is 0 Å². The molecule has 0 atom stereocenters. The van der Waals surface area contributed by atoms with Crippen molar-refractivity contribution in [2.45, 2.75) is 19.3 Å². The van der Waals surface area contributed by atoms with E-state index in [9.17, 15) is 5.26 Å². The predicted molar refractivity (Wildman–Crippen MR) is 147 cm³/mol. The molecule has 0 saturated heterocycles. The van der Waals surface area contributed by atoms with Gasteiger partial charge in [-0.05, 0) is 64.2 Å². The molecule has 0 amide bonds. The van der Waals surface area contributed by atoms with E-state index in [1.165, 1.54) is 22.5 Å². The van der Waals surface area contributed by atoms with Gasteiger partial charge in [-0.25, -0.2) is 0 Å². The van der Waals surface area contributed by atoms with Gasteiger partial charge in [0.2, 0.25) is 0 Å². The highest BCUT2D eigenvalue weighted by Gasteiger charge is 2.36. The number of para-hydroxylation sites is 2. The largest absolute Gasteiger partial charge is 0.310 e. The van der Waals surface area contributed by atoms with Gasteiger partial charge in [0.05, 0.1) is 23.0 Å². The highest BCUT2D eigenvalue weighted by Crippen LogP contribution is 2.51. The van der Waals surface area contributed by atoms with Crippen LogP contribution in [0, 0.1) is 11.3 Å². The normalized spacial score (nSPS) is 13.4.